The van der Waals surface area contributed by atoms with Gasteiger partial charge in [-0.15, -0.1) is 11.6 Å². The van der Waals surface area contributed by atoms with E-state index in [2.05, 4.69) is 4.90 Å². The molecule has 0 bridgehead atoms. The Morgan fingerprint density at radius 3 is 2.42 bits per heavy atom. The third kappa shape index (κ3) is 1.77. The maximum Gasteiger partial charge on any atom is 0.0235 e. The van der Waals surface area contributed by atoms with Crippen molar-refractivity contribution >= 4 is 11.6 Å². The summed E-state index contributed by atoms with van der Waals surface area (Å²) >= 11 is 5.67. The van der Waals surface area contributed by atoms with Crippen molar-refractivity contribution in [2.45, 2.75) is 25.7 Å². The molecular formula is C10H18ClN. The van der Waals surface area contributed by atoms with Crippen molar-refractivity contribution in [3.63, 3.8) is 0 Å². The zero-order chi connectivity index (χ0) is 8.39. The normalized spacial score (nSPS) is 35.8. The van der Waals surface area contributed by atoms with Crippen LogP contribution >= 0.6 is 11.6 Å². The first-order valence-electron chi connectivity index (χ1n) is 5.18. The second-order valence-electron chi connectivity index (χ2n) is 4.25. The monoisotopic (exact) mass is 187 g/mol. The molecule has 1 saturated heterocycles. The molecule has 2 atom stereocenters. The summed E-state index contributed by atoms with van der Waals surface area (Å²) in [5.41, 5.74) is 0. The SMILES string of the molecule is ClCCCN1C[C@@H]2CCC[C@H]2C1. The van der Waals surface area contributed by atoms with E-state index in [0.717, 1.165) is 17.7 Å². The van der Waals surface area contributed by atoms with E-state index in [1.807, 2.05) is 0 Å². The van der Waals surface area contributed by atoms with Crippen molar-refractivity contribution in [3.8, 4) is 0 Å². The van der Waals surface area contributed by atoms with Gasteiger partial charge in [-0.3, -0.25) is 0 Å². The predicted molar refractivity (Wildman–Crippen MR) is 52.6 cm³/mol. The van der Waals surface area contributed by atoms with Crippen LogP contribution in [0.25, 0.3) is 0 Å². The summed E-state index contributed by atoms with van der Waals surface area (Å²) in [4.78, 5) is 2.61. The van der Waals surface area contributed by atoms with E-state index in [4.69, 9.17) is 11.6 Å². The van der Waals surface area contributed by atoms with Gasteiger partial charge in [0.1, 0.15) is 0 Å². The van der Waals surface area contributed by atoms with Crippen LogP contribution in [-0.4, -0.2) is 30.4 Å². The molecule has 0 N–H and O–H groups in total. The molecule has 2 aliphatic rings. The predicted octanol–water partition coefficient (Wildman–Crippen LogP) is 2.35. The van der Waals surface area contributed by atoms with Crippen molar-refractivity contribution in [1.82, 2.24) is 4.90 Å². The van der Waals surface area contributed by atoms with Crippen LogP contribution in [0.15, 0.2) is 0 Å². The Labute approximate surface area is 80.1 Å². The van der Waals surface area contributed by atoms with E-state index in [1.54, 1.807) is 0 Å². The van der Waals surface area contributed by atoms with Crippen LogP contribution in [-0.2, 0) is 0 Å². The zero-order valence-electron chi connectivity index (χ0n) is 7.64. The molecule has 1 aliphatic carbocycles. The van der Waals surface area contributed by atoms with Gasteiger partial charge in [0.05, 0.1) is 0 Å². The number of hydrogen-bond acceptors (Lipinski definition) is 1. The third-order valence-electron chi connectivity index (χ3n) is 3.41. The number of hydrogen-bond donors (Lipinski definition) is 0. The third-order valence-corrected chi connectivity index (χ3v) is 3.68. The van der Waals surface area contributed by atoms with Gasteiger partial charge in [0.25, 0.3) is 0 Å². The van der Waals surface area contributed by atoms with Crippen LogP contribution < -0.4 is 0 Å². The minimum absolute atomic E-state index is 0.825. The highest BCUT2D eigenvalue weighted by atomic mass is 35.5. The molecule has 1 saturated carbocycles. The summed E-state index contributed by atoms with van der Waals surface area (Å²) < 4.78 is 0. The molecule has 2 heteroatoms. The van der Waals surface area contributed by atoms with Gasteiger partial charge in [0.15, 0.2) is 0 Å². The summed E-state index contributed by atoms with van der Waals surface area (Å²) in [6.07, 6.45) is 5.63. The van der Waals surface area contributed by atoms with Gasteiger partial charge in [-0.1, -0.05) is 6.42 Å². The molecule has 0 spiro atoms. The van der Waals surface area contributed by atoms with Gasteiger partial charge >= 0.3 is 0 Å². The van der Waals surface area contributed by atoms with Crippen LogP contribution in [0.2, 0.25) is 0 Å². The summed E-state index contributed by atoms with van der Waals surface area (Å²) in [7, 11) is 0. The molecule has 0 aromatic heterocycles. The molecular weight excluding hydrogens is 170 g/mol. The number of halogens is 1. The van der Waals surface area contributed by atoms with Crippen LogP contribution in [0.3, 0.4) is 0 Å². The molecule has 2 rings (SSSR count). The largest absolute Gasteiger partial charge is 0.303 e. The summed E-state index contributed by atoms with van der Waals surface area (Å²) in [5.74, 6) is 2.91. The Bertz CT molecular complexity index is 137. The Kier molecular flexibility index (Phi) is 2.92. The van der Waals surface area contributed by atoms with Crippen molar-refractivity contribution in [1.29, 1.82) is 0 Å². The van der Waals surface area contributed by atoms with E-state index < -0.39 is 0 Å². The summed E-state index contributed by atoms with van der Waals surface area (Å²) in [6, 6.07) is 0. The fourth-order valence-corrected chi connectivity index (χ4v) is 2.92. The Hall–Kier alpha value is 0.250. The van der Waals surface area contributed by atoms with Crippen molar-refractivity contribution in [2.24, 2.45) is 11.8 Å². The van der Waals surface area contributed by atoms with Crippen LogP contribution in [0, 0.1) is 11.8 Å². The van der Waals surface area contributed by atoms with E-state index in [1.165, 1.54) is 45.3 Å². The molecule has 12 heavy (non-hydrogen) atoms. The maximum atomic E-state index is 5.67. The minimum Gasteiger partial charge on any atom is -0.303 e. The highest BCUT2D eigenvalue weighted by Crippen LogP contribution is 2.37. The molecule has 1 nitrogen and oxygen atoms in total. The molecule has 0 aromatic rings. The highest BCUT2D eigenvalue weighted by molar-refractivity contribution is 6.17. The fourth-order valence-electron chi connectivity index (χ4n) is 2.80. The lowest BCUT2D eigenvalue weighted by Crippen LogP contribution is -2.23. The van der Waals surface area contributed by atoms with Gasteiger partial charge < -0.3 is 4.90 Å². The van der Waals surface area contributed by atoms with E-state index in [0.29, 0.717) is 0 Å². The molecule has 1 heterocycles. The van der Waals surface area contributed by atoms with Crippen molar-refractivity contribution < 1.29 is 0 Å². The van der Waals surface area contributed by atoms with Crippen molar-refractivity contribution in [2.75, 3.05) is 25.5 Å². The van der Waals surface area contributed by atoms with Crippen LogP contribution in [0.5, 0.6) is 0 Å². The quantitative estimate of drug-likeness (QED) is 0.614. The maximum absolute atomic E-state index is 5.67. The van der Waals surface area contributed by atoms with Crippen molar-refractivity contribution in [3.05, 3.63) is 0 Å². The first-order valence-corrected chi connectivity index (χ1v) is 5.72. The fraction of sp³-hybridized carbons (Fsp3) is 1.00. The number of fused-ring (bicyclic) bond motifs is 1. The van der Waals surface area contributed by atoms with Crippen LogP contribution in [0.1, 0.15) is 25.7 Å². The molecule has 1 aliphatic heterocycles. The van der Waals surface area contributed by atoms with E-state index in [9.17, 15) is 0 Å². The number of alkyl halides is 1. The number of likely N-dealkylation sites (tertiary alicyclic amines) is 1. The second-order valence-corrected chi connectivity index (χ2v) is 4.63. The standard InChI is InChI=1S/C10H18ClN/c11-5-2-6-12-7-9-3-1-4-10(9)8-12/h9-10H,1-8H2/t9-,10-/m0/s1. The molecule has 0 amide bonds. The van der Waals surface area contributed by atoms with Gasteiger partial charge in [-0.25, -0.2) is 0 Å². The smallest absolute Gasteiger partial charge is 0.0235 e. The van der Waals surface area contributed by atoms with Gasteiger partial charge in [0, 0.05) is 19.0 Å². The Morgan fingerprint density at radius 2 is 1.83 bits per heavy atom. The van der Waals surface area contributed by atoms with Gasteiger partial charge in [-0.05, 0) is 37.6 Å². The first-order chi connectivity index (χ1) is 5.90. The van der Waals surface area contributed by atoms with Gasteiger partial charge in [-0.2, -0.15) is 0 Å². The zero-order valence-corrected chi connectivity index (χ0v) is 8.39. The number of rotatable bonds is 3. The van der Waals surface area contributed by atoms with E-state index in [-0.39, 0.29) is 0 Å². The minimum atomic E-state index is 0.825. The second kappa shape index (κ2) is 3.97. The summed E-state index contributed by atoms with van der Waals surface area (Å²) in [5, 5.41) is 0. The average Bonchev–Trinajstić information content (AvgIpc) is 2.58. The summed E-state index contributed by atoms with van der Waals surface area (Å²) in [6.45, 7) is 3.96. The topological polar surface area (TPSA) is 3.24 Å². The number of nitrogens with zero attached hydrogens (tertiary/aromatic N) is 1. The first kappa shape index (κ1) is 8.83. The van der Waals surface area contributed by atoms with Crippen LogP contribution in [0.4, 0.5) is 0 Å². The lowest BCUT2D eigenvalue weighted by atomic mass is 10.0. The molecule has 2 fully saturated rings. The lowest BCUT2D eigenvalue weighted by Gasteiger charge is -2.15. The molecule has 0 aromatic carbocycles. The van der Waals surface area contributed by atoms with E-state index >= 15 is 0 Å². The average molecular weight is 188 g/mol. The Morgan fingerprint density at radius 1 is 1.17 bits per heavy atom. The van der Waals surface area contributed by atoms with Gasteiger partial charge in [0.2, 0.25) is 0 Å². The molecule has 0 unspecified atom stereocenters. The molecule has 0 radical (unpaired) electrons. The Balaban J connectivity index is 1.75. The molecule has 70 valence electrons. The lowest BCUT2D eigenvalue weighted by molar-refractivity contribution is 0.312. The highest BCUT2D eigenvalue weighted by Gasteiger charge is 2.35.